The van der Waals surface area contributed by atoms with E-state index in [0.717, 1.165) is 73.7 Å². The third-order valence-electron chi connectivity index (χ3n) is 12.1. The lowest BCUT2D eigenvalue weighted by molar-refractivity contribution is -0.132. The highest BCUT2D eigenvalue weighted by molar-refractivity contribution is 6.25. The van der Waals surface area contributed by atoms with Crippen LogP contribution in [0, 0.1) is 20.8 Å². The van der Waals surface area contributed by atoms with Gasteiger partial charge in [0.25, 0.3) is 17.7 Å². The molecular weight excluding hydrogens is 807 g/mol. The van der Waals surface area contributed by atoms with E-state index in [-0.39, 0.29) is 60.0 Å². The molecule has 2 aromatic carbocycles. The van der Waals surface area contributed by atoms with Gasteiger partial charge in [0.2, 0.25) is 0 Å². The SMILES string of the molecule is CCn1nc(C2CC2)cc1Nc1nc(C(=O)CCCCCNC(=O)COc2cccc3c2C(=O)N(C2CCC(=O)CC2=O)C3=O)nc2[nH]c3cc(-c4c(C)noc4C)c(C)cc3c12. The fourth-order valence-corrected chi connectivity index (χ4v) is 8.71. The number of aromatic amines is 1. The van der Waals surface area contributed by atoms with E-state index >= 15 is 0 Å². The lowest BCUT2D eigenvalue weighted by Crippen LogP contribution is -2.47. The van der Waals surface area contributed by atoms with Crippen molar-refractivity contribution in [3.05, 3.63) is 76.1 Å². The second-order valence-electron chi connectivity index (χ2n) is 16.6. The van der Waals surface area contributed by atoms with Crippen molar-refractivity contribution in [2.75, 3.05) is 18.5 Å². The first-order valence-corrected chi connectivity index (χ1v) is 21.5. The maximum Gasteiger partial charge on any atom is 0.266 e. The molecule has 2 fully saturated rings. The maximum absolute atomic E-state index is 13.7. The first-order valence-electron chi connectivity index (χ1n) is 21.5. The van der Waals surface area contributed by atoms with E-state index in [2.05, 4.69) is 39.0 Å². The number of ether oxygens (including phenoxy) is 1. The molecule has 4 aromatic heterocycles. The van der Waals surface area contributed by atoms with Gasteiger partial charge < -0.3 is 24.9 Å². The number of carbonyl (C=O) groups is 6. The zero-order chi connectivity index (χ0) is 44.1. The smallest absolute Gasteiger partial charge is 0.266 e. The number of carbonyl (C=O) groups excluding carboxylic acids is 6. The molecule has 1 aliphatic heterocycles. The highest BCUT2D eigenvalue weighted by Gasteiger charge is 2.46. The first-order chi connectivity index (χ1) is 30.4. The van der Waals surface area contributed by atoms with Crippen LogP contribution < -0.4 is 15.4 Å². The minimum absolute atomic E-state index is 0.00642. The number of H-pyrrole nitrogens is 1. The number of Topliss-reactive ketones (excluding diaryl/α,β-unsaturated/α-hetero) is 3. The first kappa shape index (κ1) is 41.3. The van der Waals surface area contributed by atoms with Crippen molar-refractivity contribution in [1.29, 1.82) is 0 Å². The highest BCUT2D eigenvalue weighted by Crippen LogP contribution is 2.42. The van der Waals surface area contributed by atoms with Crippen LogP contribution in [0.2, 0.25) is 0 Å². The molecule has 17 heteroatoms. The monoisotopic (exact) mass is 853 g/mol. The van der Waals surface area contributed by atoms with Crippen molar-refractivity contribution < 1.29 is 38.0 Å². The third kappa shape index (κ3) is 7.87. The molecule has 1 unspecified atom stereocenters. The number of unbranched alkanes of at least 4 members (excludes halogenated alkanes) is 2. The van der Waals surface area contributed by atoms with Crippen molar-refractivity contribution in [3.63, 3.8) is 0 Å². The number of nitrogens with zero attached hydrogens (tertiary/aromatic N) is 6. The third-order valence-corrected chi connectivity index (χ3v) is 12.1. The number of amides is 3. The summed E-state index contributed by atoms with van der Waals surface area (Å²) in [6.45, 7) is 8.47. The number of ketones is 3. The molecule has 0 bridgehead atoms. The summed E-state index contributed by atoms with van der Waals surface area (Å²) in [5.74, 6) is -0.00412. The molecule has 0 saturated heterocycles. The number of imide groups is 1. The Balaban J connectivity index is 0.839. The molecule has 2 saturated carbocycles. The lowest BCUT2D eigenvalue weighted by atomic mass is 9.92. The molecule has 1 atom stereocenters. The summed E-state index contributed by atoms with van der Waals surface area (Å²) in [5.41, 5.74) is 6.23. The molecule has 0 radical (unpaired) electrons. The Morgan fingerprint density at radius 3 is 2.52 bits per heavy atom. The highest BCUT2D eigenvalue weighted by atomic mass is 16.5. The van der Waals surface area contributed by atoms with Crippen LogP contribution in [-0.2, 0) is 20.9 Å². The molecule has 0 spiro atoms. The average Bonchev–Trinajstić information content (AvgIpc) is 3.72. The van der Waals surface area contributed by atoms with E-state index in [1.165, 1.54) is 12.1 Å². The summed E-state index contributed by atoms with van der Waals surface area (Å²) in [4.78, 5) is 91.2. The van der Waals surface area contributed by atoms with E-state index in [9.17, 15) is 28.8 Å². The van der Waals surface area contributed by atoms with Crippen LogP contribution in [0.25, 0.3) is 33.1 Å². The standard InChI is InChI=1S/C46H47N9O8/c1-5-54-37(21-31(52-54)26-13-14-26)49-44-41-30-18-23(2)29(39-24(3)53-63-25(39)4)20-32(30)48-43(41)50-42(51-44)34(57)11-7-6-8-17-47-38(59)22-62-36-12-9-10-28-40(36)46(61)55(45(28)60)33-16-15-27(56)19-35(33)58/h9-10,12,18,20-21,26,33H,5-8,11,13-17,19,22H2,1-4H3,(H,47,59)(H2,48,49,50,51). The Bertz CT molecular complexity index is 2870. The summed E-state index contributed by atoms with van der Waals surface area (Å²) in [5, 5.41) is 17.0. The number of hydrogen-bond donors (Lipinski definition) is 3. The summed E-state index contributed by atoms with van der Waals surface area (Å²) >= 11 is 0. The fourth-order valence-electron chi connectivity index (χ4n) is 8.71. The molecule has 63 heavy (non-hydrogen) atoms. The van der Waals surface area contributed by atoms with Crippen molar-refractivity contribution in [3.8, 4) is 16.9 Å². The Morgan fingerprint density at radius 2 is 1.78 bits per heavy atom. The lowest BCUT2D eigenvalue weighted by Gasteiger charge is -2.27. The van der Waals surface area contributed by atoms with Gasteiger partial charge in [-0.2, -0.15) is 5.10 Å². The van der Waals surface area contributed by atoms with Gasteiger partial charge in [-0.3, -0.25) is 33.7 Å². The van der Waals surface area contributed by atoms with Crippen molar-refractivity contribution in [2.45, 2.75) is 104 Å². The predicted octanol–water partition coefficient (Wildman–Crippen LogP) is 6.75. The van der Waals surface area contributed by atoms with Crippen LogP contribution in [-0.4, -0.2) is 89.1 Å². The Kier molecular flexibility index (Phi) is 10.9. The minimum atomic E-state index is -1.01. The van der Waals surface area contributed by atoms with Gasteiger partial charge in [-0.25, -0.2) is 14.6 Å². The summed E-state index contributed by atoms with van der Waals surface area (Å²) in [6.07, 6.45) is 4.09. The van der Waals surface area contributed by atoms with Crippen LogP contribution in [0.4, 0.5) is 11.6 Å². The molecule has 9 rings (SSSR count). The predicted molar refractivity (Wildman–Crippen MR) is 230 cm³/mol. The summed E-state index contributed by atoms with van der Waals surface area (Å²) < 4.78 is 13.1. The largest absolute Gasteiger partial charge is 0.483 e. The molecule has 6 aromatic rings. The number of fused-ring (bicyclic) bond motifs is 4. The van der Waals surface area contributed by atoms with Crippen LogP contribution in [0.3, 0.4) is 0 Å². The van der Waals surface area contributed by atoms with Gasteiger partial charge in [-0.1, -0.05) is 17.6 Å². The number of hydrogen-bond acceptors (Lipinski definition) is 13. The van der Waals surface area contributed by atoms with E-state index in [1.807, 2.05) is 32.4 Å². The quantitative estimate of drug-likeness (QED) is 0.0397. The maximum atomic E-state index is 13.7. The number of anilines is 2. The molecule has 5 heterocycles. The van der Waals surface area contributed by atoms with Crippen molar-refractivity contribution in [2.24, 2.45) is 0 Å². The Hall–Kier alpha value is -7.04. The second kappa shape index (κ2) is 16.7. The molecular formula is C46H47N9O8. The molecule has 3 amide bonds. The van der Waals surface area contributed by atoms with Crippen molar-refractivity contribution in [1.82, 2.24) is 40.1 Å². The number of rotatable bonds is 16. The van der Waals surface area contributed by atoms with Gasteiger partial charge in [0.1, 0.15) is 34.6 Å². The number of aromatic nitrogens is 6. The van der Waals surface area contributed by atoms with Gasteiger partial charge in [-0.05, 0) is 95.2 Å². The van der Waals surface area contributed by atoms with Gasteiger partial charge in [0, 0.05) is 54.4 Å². The van der Waals surface area contributed by atoms with Gasteiger partial charge >= 0.3 is 0 Å². The second-order valence-corrected chi connectivity index (χ2v) is 16.6. The van der Waals surface area contributed by atoms with Gasteiger partial charge in [0.05, 0.1) is 40.4 Å². The van der Waals surface area contributed by atoms with Crippen LogP contribution in [0.1, 0.15) is 125 Å². The molecule has 324 valence electrons. The fraction of sp³-hybridized carbons (Fsp3) is 0.391. The van der Waals surface area contributed by atoms with E-state index in [1.54, 1.807) is 6.07 Å². The van der Waals surface area contributed by atoms with E-state index < -0.39 is 36.2 Å². The van der Waals surface area contributed by atoms with Crippen LogP contribution >= 0.6 is 0 Å². The zero-order valence-electron chi connectivity index (χ0n) is 35.6. The zero-order valence-corrected chi connectivity index (χ0v) is 35.6. The van der Waals surface area contributed by atoms with Gasteiger partial charge in [0.15, 0.2) is 24.0 Å². The normalized spacial score (nSPS) is 16.4. The number of aryl methyl sites for hydroxylation is 4. The molecule has 17 nitrogen and oxygen atoms in total. The van der Waals surface area contributed by atoms with Crippen LogP contribution in [0.15, 0.2) is 40.9 Å². The minimum Gasteiger partial charge on any atom is -0.483 e. The van der Waals surface area contributed by atoms with E-state index in [4.69, 9.17) is 24.3 Å². The van der Waals surface area contributed by atoms with E-state index in [0.29, 0.717) is 49.7 Å². The molecule has 3 N–H and O–H groups in total. The molecule has 3 aliphatic rings. The number of nitrogens with one attached hydrogen (secondary N) is 3. The Morgan fingerprint density at radius 1 is 0.952 bits per heavy atom. The number of benzene rings is 2. The van der Waals surface area contributed by atoms with Gasteiger partial charge in [-0.15, -0.1) is 0 Å². The molecule has 2 aliphatic carbocycles. The van der Waals surface area contributed by atoms with Crippen molar-refractivity contribution >= 4 is 68.6 Å². The summed E-state index contributed by atoms with van der Waals surface area (Å²) in [7, 11) is 0. The average molecular weight is 854 g/mol. The van der Waals surface area contributed by atoms with Crippen LogP contribution in [0.5, 0.6) is 5.75 Å². The Labute approximate surface area is 361 Å². The summed E-state index contributed by atoms with van der Waals surface area (Å²) in [6, 6.07) is 9.73. The topological polar surface area (TPSA) is 224 Å².